The molecule has 1 aromatic carbocycles. The highest BCUT2D eigenvalue weighted by Gasteiger charge is 2.26. The Labute approximate surface area is 124 Å². The van der Waals surface area contributed by atoms with Crippen LogP contribution < -0.4 is 0 Å². The van der Waals surface area contributed by atoms with E-state index in [1.807, 2.05) is 13.8 Å². The van der Waals surface area contributed by atoms with E-state index in [1.54, 1.807) is 0 Å². The Morgan fingerprint density at radius 2 is 2.19 bits per heavy atom. The fraction of sp³-hybridized carbons (Fsp3) is 0.471. The van der Waals surface area contributed by atoms with Crippen molar-refractivity contribution < 1.29 is 9.32 Å². The van der Waals surface area contributed by atoms with E-state index in [4.69, 9.17) is 4.52 Å². The largest absolute Gasteiger partial charge is 0.339 e. The average Bonchev–Trinajstić information content (AvgIpc) is 2.95. The minimum atomic E-state index is -0.00393. The number of Topliss-reactive ketones (excluding diaryl/α,β-unsaturated/α-hetero) is 1. The van der Waals surface area contributed by atoms with Gasteiger partial charge in [-0.2, -0.15) is 4.98 Å². The van der Waals surface area contributed by atoms with Gasteiger partial charge < -0.3 is 4.52 Å². The molecule has 1 aliphatic rings. The minimum Gasteiger partial charge on any atom is -0.339 e. The minimum absolute atomic E-state index is 0.00393. The number of ketones is 1. The summed E-state index contributed by atoms with van der Waals surface area (Å²) in [5.41, 5.74) is 2.67. The first kappa shape index (κ1) is 14.0. The molecule has 1 aromatic heterocycles. The summed E-state index contributed by atoms with van der Waals surface area (Å²) in [6.45, 7) is 3.77. The normalized spacial score (nSPS) is 17.8. The monoisotopic (exact) mass is 284 g/mol. The number of fused-ring (bicyclic) bond motifs is 1. The molecule has 0 aliphatic heterocycles. The van der Waals surface area contributed by atoms with Gasteiger partial charge in [0.15, 0.2) is 5.82 Å². The van der Waals surface area contributed by atoms with Gasteiger partial charge in [-0.25, -0.2) is 0 Å². The predicted octanol–water partition coefficient (Wildman–Crippen LogP) is 3.31. The quantitative estimate of drug-likeness (QED) is 0.864. The predicted molar refractivity (Wildman–Crippen MR) is 79.1 cm³/mol. The molecule has 0 saturated heterocycles. The fourth-order valence-electron chi connectivity index (χ4n) is 2.86. The van der Waals surface area contributed by atoms with Crippen LogP contribution >= 0.6 is 0 Å². The van der Waals surface area contributed by atoms with Gasteiger partial charge in [0.05, 0.1) is 6.42 Å². The summed E-state index contributed by atoms with van der Waals surface area (Å²) in [6, 6.07) is 8.45. The Morgan fingerprint density at radius 3 is 3.00 bits per heavy atom. The maximum Gasteiger partial charge on any atom is 0.234 e. The highest BCUT2D eigenvalue weighted by atomic mass is 16.5. The smallest absolute Gasteiger partial charge is 0.234 e. The van der Waals surface area contributed by atoms with E-state index in [2.05, 4.69) is 34.4 Å². The number of hydrogen-bond donors (Lipinski definition) is 0. The van der Waals surface area contributed by atoms with Crippen molar-refractivity contribution in [1.82, 2.24) is 10.1 Å². The van der Waals surface area contributed by atoms with Crippen molar-refractivity contribution in [1.29, 1.82) is 0 Å². The van der Waals surface area contributed by atoms with Crippen molar-refractivity contribution >= 4 is 5.78 Å². The molecule has 1 atom stereocenters. The SMILES string of the molecule is CC(C)C(=O)Cc1nc(C2CCCc3ccccc32)no1. The Balaban J connectivity index is 1.83. The number of nitrogens with zero attached hydrogens (tertiary/aromatic N) is 2. The molecular formula is C17H20N2O2. The molecule has 4 heteroatoms. The molecule has 0 bridgehead atoms. The number of aryl methyl sites for hydroxylation is 1. The number of aromatic nitrogens is 2. The van der Waals surface area contributed by atoms with Crippen LogP contribution in [-0.2, 0) is 17.6 Å². The molecule has 0 spiro atoms. The highest BCUT2D eigenvalue weighted by molar-refractivity contribution is 5.81. The van der Waals surface area contributed by atoms with Crippen molar-refractivity contribution in [3.05, 3.63) is 47.1 Å². The first-order valence-electron chi connectivity index (χ1n) is 7.58. The molecule has 2 aromatic rings. The number of hydrogen-bond acceptors (Lipinski definition) is 4. The van der Waals surface area contributed by atoms with Gasteiger partial charge in [-0.05, 0) is 30.4 Å². The van der Waals surface area contributed by atoms with Crippen molar-refractivity contribution in [2.45, 2.75) is 45.4 Å². The molecule has 1 aliphatic carbocycles. The van der Waals surface area contributed by atoms with Gasteiger partial charge in [-0.3, -0.25) is 4.79 Å². The standard InChI is InChI=1S/C17H20N2O2/c1-11(2)15(20)10-16-18-17(19-21-16)14-9-5-7-12-6-3-4-8-13(12)14/h3-4,6,8,11,14H,5,7,9-10H2,1-2H3. The third-order valence-corrected chi connectivity index (χ3v) is 4.13. The summed E-state index contributed by atoms with van der Waals surface area (Å²) in [5, 5.41) is 4.11. The van der Waals surface area contributed by atoms with Crippen LogP contribution in [0, 0.1) is 5.92 Å². The summed E-state index contributed by atoms with van der Waals surface area (Å²) in [7, 11) is 0. The van der Waals surface area contributed by atoms with E-state index in [0.717, 1.165) is 19.3 Å². The van der Waals surface area contributed by atoms with Crippen LogP contribution in [0.1, 0.15) is 55.4 Å². The molecule has 0 fully saturated rings. The second-order valence-electron chi connectivity index (χ2n) is 5.99. The first-order chi connectivity index (χ1) is 10.1. The summed E-state index contributed by atoms with van der Waals surface area (Å²) in [6.07, 6.45) is 3.52. The van der Waals surface area contributed by atoms with E-state index in [0.29, 0.717) is 11.7 Å². The maximum atomic E-state index is 11.8. The van der Waals surface area contributed by atoms with Gasteiger partial charge in [0, 0.05) is 11.8 Å². The Bertz CT molecular complexity index is 646. The summed E-state index contributed by atoms with van der Waals surface area (Å²) < 4.78 is 5.27. The van der Waals surface area contributed by atoms with Gasteiger partial charge in [-0.1, -0.05) is 43.3 Å². The van der Waals surface area contributed by atoms with Gasteiger partial charge in [0.25, 0.3) is 0 Å². The lowest BCUT2D eigenvalue weighted by atomic mass is 9.82. The van der Waals surface area contributed by atoms with Gasteiger partial charge in [-0.15, -0.1) is 0 Å². The van der Waals surface area contributed by atoms with E-state index < -0.39 is 0 Å². The molecule has 0 radical (unpaired) electrons. The van der Waals surface area contributed by atoms with Gasteiger partial charge in [0.2, 0.25) is 5.89 Å². The molecular weight excluding hydrogens is 264 g/mol. The molecule has 0 amide bonds. The lowest BCUT2D eigenvalue weighted by molar-refractivity contribution is -0.121. The maximum absolute atomic E-state index is 11.8. The molecule has 0 N–H and O–H groups in total. The molecule has 21 heavy (non-hydrogen) atoms. The van der Waals surface area contributed by atoms with Crippen molar-refractivity contribution in [3.63, 3.8) is 0 Å². The van der Waals surface area contributed by atoms with E-state index >= 15 is 0 Å². The zero-order valence-electron chi connectivity index (χ0n) is 12.5. The van der Waals surface area contributed by atoms with Crippen LogP contribution in [0.25, 0.3) is 0 Å². The Kier molecular flexibility index (Phi) is 3.86. The number of rotatable bonds is 4. The van der Waals surface area contributed by atoms with Crippen LogP contribution in [0.3, 0.4) is 0 Å². The lowest BCUT2D eigenvalue weighted by Gasteiger charge is -2.22. The van der Waals surface area contributed by atoms with Crippen LogP contribution in [0.15, 0.2) is 28.8 Å². The number of benzene rings is 1. The third-order valence-electron chi connectivity index (χ3n) is 4.13. The summed E-state index contributed by atoms with van der Waals surface area (Å²) in [5.74, 6) is 1.48. The molecule has 110 valence electrons. The van der Waals surface area contributed by atoms with Crippen LogP contribution in [0.5, 0.6) is 0 Å². The number of carbonyl (C=O) groups excluding carboxylic acids is 1. The first-order valence-corrected chi connectivity index (χ1v) is 7.58. The van der Waals surface area contributed by atoms with Crippen LogP contribution in [0.2, 0.25) is 0 Å². The second-order valence-corrected chi connectivity index (χ2v) is 5.99. The number of carbonyl (C=O) groups is 1. The van der Waals surface area contributed by atoms with Gasteiger partial charge >= 0.3 is 0 Å². The van der Waals surface area contributed by atoms with Crippen molar-refractivity contribution in [2.75, 3.05) is 0 Å². The molecule has 1 heterocycles. The Morgan fingerprint density at radius 1 is 1.38 bits per heavy atom. The third kappa shape index (κ3) is 2.89. The molecule has 1 unspecified atom stereocenters. The van der Waals surface area contributed by atoms with Gasteiger partial charge in [0.1, 0.15) is 5.78 Å². The topological polar surface area (TPSA) is 56.0 Å². The van der Waals surface area contributed by atoms with Crippen molar-refractivity contribution in [2.24, 2.45) is 5.92 Å². The summed E-state index contributed by atoms with van der Waals surface area (Å²) >= 11 is 0. The lowest BCUT2D eigenvalue weighted by Crippen LogP contribution is -2.13. The van der Waals surface area contributed by atoms with E-state index in [9.17, 15) is 4.79 Å². The Hall–Kier alpha value is -1.97. The molecule has 0 saturated carbocycles. The average molecular weight is 284 g/mol. The fourth-order valence-corrected chi connectivity index (χ4v) is 2.86. The van der Waals surface area contributed by atoms with Crippen molar-refractivity contribution in [3.8, 4) is 0 Å². The summed E-state index contributed by atoms with van der Waals surface area (Å²) in [4.78, 5) is 16.2. The van der Waals surface area contributed by atoms with Crippen LogP contribution in [0.4, 0.5) is 0 Å². The molecule has 3 rings (SSSR count). The zero-order chi connectivity index (χ0) is 14.8. The molecule has 4 nitrogen and oxygen atoms in total. The van der Waals surface area contributed by atoms with E-state index in [-0.39, 0.29) is 24.0 Å². The van der Waals surface area contributed by atoms with E-state index in [1.165, 1.54) is 11.1 Å². The van der Waals surface area contributed by atoms with Crippen LogP contribution in [-0.4, -0.2) is 15.9 Å². The zero-order valence-corrected chi connectivity index (χ0v) is 12.5. The second kappa shape index (κ2) is 5.80. The highest BCUT2D eigenvalue weighted by Crippen LogP contribution is 2.35.